The van der Waals surface area contributed by atoms with Crippen LogP contribution in [0.4, 0.5) is 4.79 Å². The van der Waals surface area contributed by atoms with E-state index in [1.165, 1.54) is 19.3 Å². The molecular weight excluding hydrogens is 318 g/mol. The zero-order valence-electron chi connectivity index (χ0n) is 13.1. The maximum Gasteiger partial charge on any atom is 0.288 e. The Labute approximate surface area is 139 Å². The molecule has 0 spiro atoms. The number of carbonyl (C=O) groups excluding carboxylic acids is 4. The maximum atomic E-state index is 11.7. The molecule has 4 amide bonds. The molecule has 23 heavy (non-hydrogen) atoms. The summed E-state index contributed by atoms with van der Waals surface area (Å²) >= 11 is 0.963. The van der Waals surface area contributed by atoms with Crippen molar-refractivity contribution in [3.05, 3.63) is 0 Å². The van der Waals surface area contributed by atoms with Gasteiger partial charge in [0.2, 0.25) is 17.7 Å². The largest absolute Gasteiger partial charge is 0.356 e. The van der Waals surface area contributed by atoms with Crippen molar-refractivity contribution < 1.29 is 19.2 Å². The van der Waals surface area contributed by atoms with Crippen LogP contribution < -0.4 is 10.6 Å². The van der Waals surface area contributed by atoms with Gasteiger partial charge in [-0.1, -0.05) is 18.2 Å². The van der Waals surface area contributed by atoms with Crippen LogP contribution in [0.2, 0.25) is 0 Å². The highest BCUT2D eigenvalue weighted by molar-refractivity contribution is 8.14. The second-order valence-corrected chi connectivity index (χ2v) is 6.83. The number of nitrogens with one attached hydrogen (secondary N) is 2. The number of imide groups is 1. The van der Waals surface area contributed by atoms with E-state index >= 15 is 0 Å². The summed E-state index contributed by atoms with van der Waals surface area (Å²) < 4.78 is 0. The van der Waals surface area contributed by atoms with Crippen LogP contribution in [0.1, 0.15) is 38.5 Å². The van der Waals surface area contributed by atoms with Crippen LogP contribution in [-0.2, 0) is 14.4 Å². The highest BCUT2D eigenvalue weighted by Crippen LogP contribution is 2.25. The number of carbonyl (C=O) groups is 4. The lowest BCUT2D eigenvalue weighted by molar-refractivity contribution is -0.126. The zero-order valence-corrected chi connectivity index (χ0v) is 14.0. The Morgan fingerprint density at radius 2 is 1.87 bits per heavy atom. The van der Waals surface area contributed by atoms with Gasteiger partial charge in [0, 0.05) is 32.5 Å². The molecule has 2 fully saturated rings. The number of hydrogen-bond donors (Lipinski definition) is 2. The van der Waals surface area contributed by atoms with E-state index < -0.39 is 0 Å². The van der Waals surface area contributed by atoms with E-state index in [1.54, 1.807) is 0 Å². The molecule has 1 aliphatic heterocycles. The van der Waals surface area contributed by atoms with Crippen molar-refractivity contribution >= 4 is 34.7 Å². The van der Waals surface area contributed by atoms with Crippen LogP contribution in [0.25, 0.3) is 0 Å². The molecule has 0 radical (unpaired) electrons. The summed E-state index contributed by atoms with van der Waals surface area (Å²) in [6, 6.07) is 0. The highest BCUT2D eigenvalue weighted by Gasteiger charge is 2.29. The van der Waals surface area contributed by atoms with E-state index in [4.69, 9.17) is 0 Å². The van der Waals surface area contributed by atoms with Crippen LogP contribution in [-0.4, -0.2) is 53.2 Å². The monoisotopic (exact) mass is 341 g/mol. The Morgan fingerprint density at radius 1 is 1.13 bits per heavy atom. The van der Waals surface area contributed by atoms with Crippen LogP contribution in [0.5, 0.6) is 0 Å². The third kappa shape index (κ3) is 5.85. The topological polar surface area (TPSA) is 95.6 Å². The smallest absolute Gasteiger partial charge is 0.288 e. The minimum Gasteiger partial charge on any atom is -0.356 e. The standard InChI is InChI=1S/C15H23N3O4S/c19-12(17-9-11-3-1-4-11)5-2-7-16-13(20)6-8-18-14(21)10-23-15(18)22/h11H,1-10H2,(H,16,20)(H,17,19). The lowest BCUT2D eigenvalue weighted by atomic mass is 9.85. The first-order valence-electron chi connectivity index (χ1n) is 8.07. The molecule has 7 nitrogen and oxygen atoms in total. The normalized spacial score (nSPS) is 18.0. The molecule has 8 heteroatoms. The Balaban J connectivity index is 1.48. The average Bonchev–Trinajstić information content (AvgIpc) is 2.79. The molecule has 1 heterocycles. The SMILES string of the molecule is O=C(CCN1C(=O)CSC1=O)NCCCC(=O)NCC1CCC1. The summed E-state index contributed by atoms with van der Waals surface area (Å²) in [7, 11) is 0. The average molecular weight is 341 g/mol. The van der Waals surface area contributed by atoms with Gasteiger partial charge in [0.05, 0.1) is 5.75 Å². The Bertz CT molecular complexity index is 463. The minimum absolute atomic E-state index is 0.0245. The molecule has 0 atom stereocenters. The van der Waals surface area contributed by atoms with Crippen LogP contribution in [0.15, 0.2) is 0 Å². The number of thioether (sulfide) groups is 1. The fraction of sp³-hybridized carbons (Fsp3) is 0.733. The van der Waals surface area contributed by atoms with Gasteiger partial charge in [0.15, 0.2) is 0 Å². The number of hydrogen-bond acceptors (Lipinski definition) is 5. The van der Waals surface area contributed by atoms with Gasteiger partial charge in [0.25, 0.3) is 5.24 Å². The molecule has 2 aliphatic rings. The zero-order chi connectivity index (χ0) is 16.7. The summed E-state index contributed by atoms with van der Waals surface area (Å²) in [4.78, 5) is 47.1. The van der Waals surface area contributed by atoms with Gasteiger partial charge < -0.3 is 10.6 Å². The van der Waals surface area contributed by atoms with Gasteiger partial charge in [-0.05, 0) is 25.2 Å². The van der Waals surface area contributed by atoms with E-state index in [0.29, 0.717) is 25.3 Å². The molecule has 1 saturated carbocycles. The summed E-state index contributed by atoms with van der Waals surface area (Å²) in [5, 5.41) is 5.33. The van der Waals surface area contributed by atoms with E-state index in [9.17, 15) is 19.2 Å². The molecular formula is C15H23N3O4S. The molecule has 2 N–H and O–H groups in total. The first-order chi connectivity index (χ1) is 11.1. The van der Waals surface area contributed by atoms with E-state index in [0.717, 1.165) is 23.2 Å². The van der Waals surface area contributed by atoms with Crippen molar-refractivity contribution in [2.45, 2.75) is 38.5 Å². The Morgan fingerprint density at radius 3 is 2.48 bits per heavy atom. The molecule has 128 valence electrons. The highest BCUT2D eigenvalue weighted by atomic mass is 32.2. The lowest BCUT2D eigenvalue weighted by Gasteiger charge is -2.25. The van der Waals surface area contributed by atoms with Crippen molar-refractivity contribution in [3.63, 3.8) is 0 Å². The first-order valence-corrected chi connectivity index (χ1v) is 9.05. The van der Waals surface area contributed by atoms with Crippen molar-refractivity contribution in [1.29, 1.82) is 0 Å². The summed E-state index contributed by atoms with van der Waals surface area (Å²) in [6.07, 6.45) is 4.76. The quantitative estimate of drug-likeness (QED) is 0.607. The predicted molar refractivity (Wildman–Crippen MR) is 86.8 cm³/mol. The minimum atomic E-state index is -0.286. The molecule has 1 saturated heterocycles. The van der Waals surface area contributed by atoms with E-state index in [1.807, 2.05) is 0 Å². The fourth-order valence-corrected chi connectivity index (χ4v) is 3.17. The predicted octanol–water partition coefficient (Wildman–Crippen LogP) is 0.885. The van der Waals surface area contributed by atoms with E-state index in [-0.39, 0.29) is 41.7 Å². The van der Waals surface area contributed by atoms with E-state index in [2.05, 4.69) is 10.6 Å². The van der Waals surface area contributed by atoms with Crippen LogP contribution in [0, 0.1) is 5.92 Å². The number of nitrogens with zero attached hydrogens (tertiary/aromatic N) is 1. The van der Waals surface area contributed by atoms with Crippen LogP contribution >= 0.6 is 11.8 Å². The first kappa shape index (κ1) is 17.8. The van der Waals surface area contributed by atoms with Gasteiger partial charge in [-0.2, -0.15) is 0 Å². The molecule has 0 bridgehead atoms. The molecule has 2 rings (SSSR count). The number of rotatable bonds is 9. The van der Waals surface area contributed by atoms with Crippen molar-refractivity contribution in [3.8, 4) is 0 Å². The summed E-state index contributed by atoms with van der Waals surface area (Å²) in [5.41, 5.74) is 0. The molecule has 0 aromatic heterocycles. The summed E-state index contributed by atoms with van der Waals surface area (Å²) in [6.45, 7) is 1.31. The third-order valence-electron chi connectivity index (χ3n) is 4.12. The third-order valence-corrected chi connectivity index (χ3v) is 4.98. The molecule has 0 unspecified atom stereocenters. The van der Waals surface area contributed by atoms with Crippen molar-refractivity contribution in [2.24, 2.45) is 5.92 Å². The van der Waals surface area contributed by atoms with Gasteiger partial charge in [-0.3, -0.25) is 24.1 Å². The molecule has 0 aromatic rings. The van der Waals surface area contributed by atoms with Crippen LogP contribution in [0.3, 0.4) is 0 Å². The molecule has 0 aromatic carbocycles. The van der Waals surface area contributed by atoms with Crippen molar-refractivity contribution in [1.82, 2.24) is 15.5 Å². The van der Waals surface area contributed by atoms with Gasteiger partial charge in [0.1, 0.15) is 0 Å². The Kier molecular flexibility index (Phi) is 6.88. The Hall–Kier alpha value is -1.57. The second kappa shape index (κ2) is 8.90. The lowest BCUT2D eigenvalue weighted by Crippen LogP contribution is -2.35. The maximum absolute atomic E-state index is 11.7. The van der Waals surface area contributed by atoms with Gasteiger partial charge in [-0.15, -0.1) is 0 Å². The van der Waals surface area contributed by atoms with Gasteiger partial charge >= 0.3 is 0 Å². The second-order valence-electron chi connectivity index (χ2n) is 5.90. The fourth-order valence-electron chi connectivity index (χ4n) is 2.42. The number of amides is 4. The molecule has 1 aliphatic carbocycles. The van der Waals surface area contributed by atoms with Crippen molar-refractivity contribution in [2.75, 3.05) is 25.4 Å². The van der Waals surface area contributed by atoms with Gasteiger partial charge in [-0.25, -0.2) is 0 Å². The summed E-state index contributed by atoms with van der Waals surface area (Å²) in [5.74, 6) is 0.383.